The van der Waals surface area contributed by atoms with Crippen LogP contribution in [0, 0.1) is 0 Å². The molecular weight excluding hydrogens is 290 g/mol. The number of aromatic amines is 1. The molecule has 2 aromatic heterocycles. The third-order valence-corrected chi connectivity index (χ3v) is 4.61. The predicted molar refractivity (Wildman–Crippen MR) is 87.3 cm³/mol. The minimum Gasteiger partial charge on any atom is -0.367 e. The molecule has 23 heavy (non-hydrogen) atoms. The van der Waals surface area contributed by atoms with E-state index in [0.29, 0.717) is 17.5 Å². The number of nitrogens with zero attached hydrogens (tertiary/aromatic N) is 3. The van der Waals surface area contributed by atoms with Crippen molar-refractivity contribution >= 4 is 11.7 Å². The maximum absolute atomic E-state index is 12.7. The van der Waals surface area contributed by atoms with Crippen LogP contribution in [0.2, 0.25) is 0 Å². The number of hydrogen-bond donors (Lipinski definition) is 2. The zero-order valence-corrected chi connectivity index (χ0v) is 13.0. The van der Waals surface area contributed by atoms with Crippen LogP contribution in [0.15, 0.2) is 30.6 Å². The molecule has 2 aliphatic rings. The molecule has 1 aliphatic carbocycles. The highest BCUT2D eigenvalue weighted by Gasteiger charge is 2.26. The van der Waals surface area contributed by atoms with Crippen molar-refractivity contribution in [3.8, 4) is 0 Å². The molecule has 2 fully saturated rings. The standard InChI is InChI=1S/C17H21N5O/c23-17(12-3-6-16(18-10-12)20-14-4-5-14)22-9-1-2-13(11-22)15-7-8-19-21-15/h3,6-8,10,13-14H,1-2,4-5,9,11H2,(H,18,20)(H,19,21). The Hall–Kier alpha value is -2.37. The quantitative estimate of drug-likeness (QED) is 0.909. The summed E-state index contributed by atoms with van der Waals surface area (Å²) in [7, 11) is 0. The normalized spacial score (nSPS) is 21.2. The lowest BCUT2D eigenvalue weighted by Crippen LogP contribution is -2.39. The fourth-order valence-corrected chi connectivity index (χ4v) is 3.13. The van der Waals surface area contributed by atoms with Crippen molar-refractivity contribution in [3.05, 3.63) is 41.9 Å². The molecule has 1 unspecified atom stereocenters. The molecule has 6 nitrogen and oxygen atoms in total. The van der Waals surface area contributed by atoms with E-state index in [0.717, 1.165) is 37.4 Å². The summed E-state index contributed by atoms with van der Waals surface area (Å²) >= 11 is 0. The number of aromatic nitrogens is 3. The predicted octanol–water partition coefficient (Wildman–Crippen LogP) is 2.40. The molecule has 2 N–H and O–H groups in total. The summed E-state index contributed by atoms with van der Waals surface area (Å²) in [6, 6.07) is 6.35. The lowest BCUT2D eigenvalue weighted by atomic mass is 9.94. The SMILES string of the molecule is O=C(c1ccc(NC2CC2)nc1)N1CCCC(c2ccn[nH]2)C1. The highest BCUT2D eigenvalue weighted by atomic mass is 16.2. The molecule has 2 aromatic rings. The molecule has 3 heterocycles. The summed E-state index contributed by atoms with van der Waals surface area (Å²) in [6.07, 6.45) is 7.99. The Labute approximate surface area is 135 Å². The van der Waals surface area contributed by atoms with Crippen LogP contribution in [0.5, 0.6) is 0 Å². The lowest BCUT2D eigenvalue weighted by Gasteiger charge is -2.32. The Morgan fingerprint density at radius 1 is 1.26 bits per heavy atom. The van der Waals surface area contributed by atoms with Gasteiger partial charge >= 0.3 is 0 Å². The van der Waals surface area contributed by atoms with E-state index in [4.69, 9.17) is 0 Å². The van der Waals surface area contributed by atoms with Gasteiger partial charge in [-0.15, -0.1) is 0 Å². The molecule has 1 saturated carbocycles. The molecule has 0 spiro atoms. The van der Waals surface area contributed by atoms with Gasteiger partial charge in [0.05, 0.1) is 5.56 Å². The van der Waals surface area contributed by atoms with Gasteiger partial charge in [-0.1, -0.05) is 0 Å². The van der Waals surface area contributed by atoms with Gasteiger partial charge in [0, 0.05) is 43.1 Å². The summed E-state index contributed by atoms with van der Waals surface area (Å²) in [5.41, 5.74) is 1.78. The first-order chi connectivity index (χ1) is 11.3. The number of amides is 1. The van der Waals surface area contributed by atoms with Crippen molar-refractivity contribution in [2.24, 2.45) is 0 Å². The van der Waals surface area contributed by atoms with E-state index in [1.165, 1.54) is 12.8 Å². The zero-order chi connectivity index (χ0) is 15.6. The fourth-order valence-electron chi connectivity index (χ4n) is 3.13. The molecule has 1 atom stereocenters. The van der Waals surface area contributed by atoms with E-state index in [1.807, 2.05) is 23.1 Å². The molecule has 6 heteroatoms. The van der Waals surface area contributed by atoms with Crippen LogP contribution in [0.3, 0.4) is 0 Å². The average Bonchev–Trinajstić information content (AvgIpc) is 3.24. The van der Waals surface area contributed by atoms with Gasteiger partial charge < -0.3 is 10.2 Å². The van der Waals surface area contributed by atoms with Crippen LogP contribution >= 0.6 is 0 Å². The summed E-state index contributed by atoms with van der Waals surface area (Å²) in [5.74, 6) is 1.27. The van der Waals surface area contributed by atoms with E-state index >= 15 is 0 Å². The van der Waals surface area contributed by atoms with E-state index in [9.17, 15) is 4.79 Å². The van der Waals surface area contributed by atoms with Crippen LogP contribution in [-0.4, -0.2) is 45.1 Å². The van der Waals surface area contributed by atoms with Gasteiger partial charge in [-0.25, -0.2) is 4.98 Å². The molecule has 4 rings (SSSR count). The molecule has 0 radical (unpaired) electrons. The Morgan fingerprint density at radius 3 is 2.87 bits per heavy atom. The van der Waals surface area contributed by atoms with Crippen molar-refractivity contribution in [3.63, 3.8) is 0 Å². The highest BCUT2D eigenvalue weighted by Crippen LogP contribution is 2.27. The van der Waals surface area contributed by atoms with Crippen molar-refractivity contribution in [2.45, 2.75) is 37.6 Å². The number of hydrogen-bond acceptors (Lipinski definition) is 4. The summed E-state index contributed by atoms with van der Waals surface area (Å²) in [4.78, 5) is 19.0. The van der Waals surface area contributed by atoms with Gasteiger partial charge in [0.15, 0.2) is 0 Å². The number of anilines is 1. The molecule has 120 valence electrons. The number of H-pyrrole nitrogens is 1. The molecular formula is C17H21N5O. The van der Waals surface area contributed by atoms with Gasteiger partial charge in [0.25, 0.3) is 5.91 Å². The number of rotatable bonds is 4. The van der Waals surface area contributed by atoms with Crippen molar-refractivity contribution in [1.29, 1.82) is 0 Å². The van der Waals surface area contributed by atoms with Gasteiger partial charge in [0.2, 0.25) is 0 Å². The van der Waals surface area contributed by atoms with Crippen LogP contribution in [0.4, 0.5) is 5.82 Å². The Balaban J connectivity index is 1.43. The zero-order valence-electron chi connectivity index (χ0n) is 13.0. The second-order valence-electron chi connectivity index (χ2n) is 6.45. The molecule has 1 aliphatic heterocycles. The van der Waals surface area contributed by atoms with Gasteiger partial charge in [0.1, 0.15) is 5.82 Å². The number of nitrogens with one attached hydrogen (secondary N) is 2. The van der Waals surface area contributed by atoms with Crippen LogP contribution in [0.1, 0.15) is 47.7 Å². The molecule has 1 saturated heterocycles. The first-order valence-corrected chi connectivity index (χ1v) is 8.31. The Morgan fingerprint density at radius 2 is 2.17 bits per heavy atom. The second kappa shape index (κ2) is 6.02. The van der Waals surface area contributed by atoms with E-state index in [1.54, 1.807) is 12.4 Å². The number of piperidine rings is 1. The molecule has 1 amide bonds. The van der Waals surface area contributed by atoms with Crippen molar-refractivity contribution < 1.29 is 4.79 Å². The largest absolute Gasteiger partial charge is 0.367 e. The van der Waals surface area contributed by atoms with Gasteiger partial charge in [-0.3, -0.25) is 9.89 Å². The number of carbonyl (C=O) groups excluding carboxylic acids is 1. The summed E-state index contributed by atoms with van der Waals surface area (Å²) in [6.45, 7) is 1.55. The van der Waals surface area contributed by atoms with Gasteiger partial charge in [-0.2, -0.15) is 5.10 Å². The van der Waals surface area contributed by atoms with Crippen LogP contribution in [-0.2, 0) is 0 Å². The minimum absolute atomic E-state index is 0.0692. The first kappa shape index (κ1) is 14.2. The molecule has 0 bridgehead atoms. The third-order valence-electron chi connectivity index (χ3n) is 4.61. The smallest absolute Gasteiger partial charge is 0.255 e. The minimum atomic E-state index is 0.0692. The van der Waals surface area contributed by atoms with Crippen molar-refractivity contribution in [2.75, 3.05) is 18.4 Å². The summed E-state index contributed by atoms with van der Waals surface area (Å²) in [5, 5.41) is 10.4. The maximum Gasteiger partial charge on any atom is 0.255 e. The van der Waals surface area contributed by atoms with E-state index in [2.05, 4.69) is 20.5 Å². The number of carbonyl (C=O) groups is 1. The topological polar surface area (TPSA) is 73.9 Å². The Bertz CT molecular complexity index is 663. The Kier molecular flexibility index (Phi) is 3.73. The van der Waals surface area contributed by atoms with Crippen molar-refractivity contribution in [1.82, 2.24) is 20.1 Å². The third kappa shape index (κ3) is 3.21. The van der Waals surface area contributed by atoms with E-state index in [-0.39, 0.29) is 5.91 Å². The van der Waals surface area contributed by atoms with Crippen LogP contribution in [0.25, 0.3) is 0 Å². The average molecular weight is 311 g/mol. The van der Waals surface area contributed by atoms with Gasteiger partial charge in [-0.05, 0) is 43.9 Å². The van der Waals surface area contributed by atoms with E-state index < -0.39 is 0 Å². The maximum atomic E-state index is 12.7. The number of pyridine rings is 1. The number of likely N-dealkylation sites (tertiary alicyclic amines) is 1. The highest BCUT2D eigenvalue weighted by molar-refractivity contribution is 5.94. The second-order valence-corrected chi connectivity index (χ2v) is 6.45. The van der Waals surface area contributed by atoms with Crippen LogP contribution < -0.4 is 5.32 Å². The lowest BCUT2D eigenvalue weighted by molar-refractivity contribution is 0.0705. The summed E-state index contributed by atoms with van der Waals surface area (Å²) < 4.78 is 0. The monoisotopic (exact) mass is 311 g/mol. The molecule has 0 aromatic carbocycles. The first-order valence-electron chi connectivity index (χ1n) is 8.31. The fraction of sp³-hybridized carbons (Fsp3) is 0.471.